The summed E-state index contributed by atoms with van der Waals surface area (Å²) in [6.45, 7) is 2.48. The number of anilines is 1. The average Bonchev–Trinajstić information content (AvgIpc) is 2.30. The average molecular weight is 234 g/mol. The number of aliphatic hydroxyl groups is 1. The van der Waals surface area contributed by atoms with Gasteiger partial charge in [-0.2, -0.15) is 0 Å². The Balaban J connectivity index is 2.20. The molecule has 1 aromatic carbocycles. The second-order valence-corrected chi connectivity index (χ2v) is 4.32. The molecular formula is C13H18N2O2. The van der Waals surface area contributed by atoms with E-state index in [0.717, 1.165) is 24.1 Å². The van der Waals surface area contributed by atoms with Gasteiger partial charge in [0, 0.05) is 18.7 Å². The van der Waals surface area contributed by atoms with Crippen LogP contribution in [0.4, 0.5) is 10.5 Å². The number of carbonyl (C=O) groups is 1. The fourth-order valence-electron chi connectivity index (χ4n) is 2.21. The molecule has 1 atom stereocenters. The number of amides is 2. The number of aryl methyl sites for hydroxylation is 1. The SMILES string of the molecule is CCNC(=O)Nc1cccc2c1CC(O)CC2. The Morgan fingerprint density at radius 1 is 1.53 bits per heavy atom. The summed E-state index contributed by atoms with van der Waals surface area (Å²) < 4.78 is 0. The maximum Gasteiger partial charge on any atom is 0.319 e. The summed E-state index contributed by atoms with van der Waals surface area (Å²) in [6, 6.07) is 5.69. The van der Waals surface area contributed by atoms with E-state index in [-0.39, 0.29) is 12.1 Å². The third-order valence-electron chi connectivity index (χ3n) is 3.05. The minimum Gasteiger partial charge on any atom is -0.393 e. The Morgan fingerprint density at radius 2 is 2.35 bits per heavy atom. The molecule has 4 nitrogen and oxygen atoms in total. The molecule has 0 saturated heterocycles. The number of carbonyl (C=O) groups excluding carboxylic acids is 1. The van der Waals surface area contributed by atoms with E-state index in [1.165, 1.54) is 5.56 Å². The van der Waals surface area contributed by atoms with Crippen LogP contribution in [0.3, 0.4) is 0 Å². The number of urea groups is 1. The van der Waals surface area contributed by atoms with E-state index in [4.69, 9.17) is 0 Å². The monoisotopic (exact) mass is 234 g/mol. The topological polar surface area (TPSA) is 61.4 Å². The first kappa shape index (κ1) is 11.9. The molecule has 2 amide bonds. The highest BCUT2D eigenvalue weighted by molar-refractivity contribution is 5.90. The lowest BCUT2D eigenvalue weighted by Crippen LogP contribution is -2.29. The van der Waals surface area contributed by atoms with Crippen molar-refractivity contribution in [1.82, 2.24) is 5.32 Å². The number of rotatable bonds is 2. The van der Waals surface area contributed by atoms with Crippen LogP contribution in [0.15, 0.2) is 18.2 Å². The van der Waals surface area contributed by atoms with Crippen molar-refractivity contribution in [2.75, 3.05) is 11.9 Å². The lowest BCUT2D eigenvalue weighted by atomic mass is 9.88. The highest BCUT2D eigenvalue weighted by atomic mass is 16.3. The molecule has 0 radical (unpaired) electrons. The first-order valence-corrected chi connectivity index (χ1v) is 6.04. The maximum atomic E-state index is 11.5. The zero-order valence-corrected chi connectivity index (χ0v) is 9.99. The van der Waals surface area contributed by atoms with Crippen molar-refractivity contribution in [3.8, 4) is 0 Å². The van der Waals surface area contributed by atoms with E-state index in [1.54, 1.807) is 0 Å². The molecule has 0 aliphatic heterocycles. The molecule has 1 unspecified atom stereocenters. The van der Waals surface area contributed by atoms with Crippen LogP contribution >= 0.6 is 0 Å². The molecule has 2 rings (SSSR count). The standard InChI is InChI=1S/C13H18N2O2/c1-2-14-13(17)15-12-5-3-4-9-6-7-10(16)8-11(9)12/h3-5,10,16H,2,6-8H2,1H3,(H2,14,15,17). The number of benzene rings is 1. The predicted molar refractivity (Wildman–Crippen MR) is 67.2 cm³/mol. The van der Waals surface area contributed by atoms with Crippen LogP contribution in [0.1, 0.15) is 24.5 Å². The van der Waals surface area contributed by atoms with Crippen molar-refractivity contribution in [1.29, 1.82) is 0 Å². The first-order chi connectivity index (χ1) is 8.20. The van der Waals surface area contributed by atoms with Crippen molar-refractivity contribution in [2.45, 2.75) is 32.3 Å². The van der Waals surface area contributed by atoms with Crippen molar-refractivity contribution in [3.05, 3.63) is 29.3 Å². The summed E-state index contributed by atoms with van der Waals surface area (Å²) >= 11 is 0. The number of aliphatic hydroxyl groups excluding tert-OH is 1. The Kier molecular flexibility index (Phi) is 3.64. The molecule has 0 fully saturated rings. The molecule has 3 N–H and O–H groups in total. The Bertz CT molecular complexity index is 418. The van der Waals surface area contributed by atoms with Crippen LogP contribution in [-0.4, -0.2) is 23.8 Å². The molecular weight excluding hydrogens is 216 g/mol. The fourth-order valence-corrected chi connectivity index (χ4v) is 2.21. The summed E-state index contributed by atoms with van der Waals surface area (Å²) in [5.74, 6) is 0. The molecule has 92 valence electrons. The second-order valence-electron chi connectivity index (χ2n) is 4.32. The van der Waals surface area contributed by atoms with Gasteiger partial charge in [0.15, 0.2) is 0 Å². The van der Waals surface area contributed by atoms with Gasteiger partial charge in [-0.1, -0.05) is 12.1 Å². The smallest absolute Gasteiger partial charge is 0.319 e. The van der Waals surface area contributed by atoms with E-state index < -0.39 is 0 Å². The summed E-state index contributed by atoms with van der Waals surface area (Å²) in [4.78, 5) is 11.5. The van der Waals surface area contributed by atoms with Gasteiger partial charge >= 0.3 is 6.03 Å². The van der Waals surface area contributed by atoms with E-state index in [2.05, 4.69) is 16.7 Å². The third-order valence-corrected chi connectivity index (χ3v) is 3.05. The molecule has 0 spiro atoms. The third kappa shape index (κ3) is 2.77. The molecule has 17 heavy (non-hydrogen) atoms. The van der Waals surface area contributed by atoms with Gasteiger partial charge in [0.25, 0.3) is 0 Å². The molecule has 4 heteroatoms. The van der Waals surface area contributed by atoms with Crippen molar-refractivity contribution in [2.24, 2.45) is 0 Å². The van der Waals surface area contributed by atoms with Gasteiger partial charge in [-0.25, -0.2) is 4.79 Å². The molecule has 0 bridgehead atoms. The fraction of sp³-hybridized carbons (Fsp3) is 0.462. The minimum absolute atomic E-state index is 0.194. The summed E-state index contributed by atoms with van der Waals surface area (Å²) in [7, 11) is 0. The highest BCUT2D eigenvalue weighted by Crippen LogP contribution is 2.27. The van der Waals surface area contributed by atoms with Crippen LogP contribution in [0.25, 0.3) is 0 Å². The number of fused-ring (bicyclic) bond motifs is 1. The van der Waals surface area contributed by atoms with E-state index in [0.29, 0.717) is 13.0 Å². The van der Waals surface area contributed by atoms with Crippen LogP contribution < -0.4 is 10.6 Å². The summed E-state index contributed by atoms with van der Waals surface area (Å²) in [5, 5.41) is 15.2. The van der Waals surface area contributed by atoms with E-state index in [1.807, 2.05) is 19.1 Å². The Hall–Kier alpha value is -1.55. The largest absolute Gasteiger partial charge is 0.393 e. The molecule has 1 aliphatic carbocycles. The van der Waals surface area contributed by atoms with Gasteiger partial charge in [-0.15, -0.1) is 0 Å². The van der Waals surface area contributed by atoms with Crippen LogP contribution in [-0.2, 0) is 12.8 Å². The summed E-state index contributed by atoms with van der Waals surface area (Å²) in [5.41, 5.74) is 3.11. The van der Waals surface area contributed by atoms with Gasteiger partial charge in [0.1, 0.15) is 0 Å². The van der Waals surface area contributed by atoms with Crippen molar-refractivity contribution >= 4 is 11.7 Å². The zero-order chi connectivity index (χ0) is 12.3. The first-order valence-electron chi connectivity index (χ1n) is 6.04. The molecule has 0 aromatic heterocycles. The number of hydrogen-bond acceptors (Lipinski definition) is 2. The molecule has 1 aliphatic rings. The van der Waals surface area contributed by atoms with E-state index in [9.17, 15) is 9.90 Å². The van der Waals surface area contributed by atoms with Gasteiger partial charge in [-0.3, -0.25) is 0 Å². The number of hydrogen-bond donors (Lipinski definition) is 3. The van der Waals surface area contributed by atoms with Crippen LogP contribution in [0, 0.1) is 0 Å². The minimum atomic E-state index is -0.292. The van der Waals surface area contributed by atoms with Crippen LogP contribution in [0.2, 0.25) is 0 Å². The Morgan fingerprint density at radius 3 is 3.12 bits per heavy atom. The van der Waals surface area contributed by atoms with Gasteiger partial charge < -0.3 is 15.7 Å². The van der Waals surface area contributed by atoms with Gasteiger partial charge in [-0.05, 0) is 37.0 Å². The van der Waals surface area contributed by atoms with Crippen molar-refractivity contribution in [3.63, 3.8) is 0 Å². The molecule has 0 saturated carbocycles. The second kappa shape index (κ2) is 5.19. The van der Waals surface area contributed by atoms with E-state index >= 15 is 0 Å². The Labute approximate surface area is 101 Å². The highest BCUT2D eigenvalue weighted by Gasteiger charge is 2.19. The predicted octanol–water partition coefficient (Wildman–Crippen LogP) is 1.68. The van der Waals surface area contributed by atoms with Crippen LogP contribution in [0.5, 0.6) is 0 Å². The lowest BCUT2D eigenvalue weighted by molar-refractivity contribution is 0.159. The maximum absolute atomic E-state index is 11.5. The zero-order valence-electron chi connectivity index (χ0n) is 9.99. The quantitative estimate of drug-likeness (QED) is 0.729. The summed E-state index contributed by atoms with van der Waals surface area (Å²) in [6.07, 6.45) is 2.01. The lowest BCUT2D eigenvalue weighted by Gasteiger charge is -2.23. The van der Waals surface area contributed by atoms with Gasteiger partial charge in [0.05, 0.1) is 6.10 Å². The van der Waals surface area contributed by atoms with Crippen molar-refractivity contribution < 1.29 is 9.90 Å². The number of nitrogens with one attached hydrogen (secondary N) is 2. The normalized spacial score (nSPS) is 18.4. The van der Waals surface area contributed by atoms with Gasteiger partial charge in [0.2, 0.25) is 0 Å². The molecule has 0 heterocycles. The molecule has 1 aromatic rings.